The first-order chi connectivity index (χ1) is 12.3. The predicted octanol–water partition coefficient (Wildman–Crippen LogP) is 2.06. The van der Waals surface area contributed by atoms with Gasteiger partial charge >= 0.3 is 0 Å². The fraction of sp³-hybridized carbons (Fsp3) is 0.400. The normalized spacial score (nSPS) is 12.5. The number of furan rings is 1. The molecule has 0 radical (unpaired) electrons. The number of benzene rings is 1. The Hall–Kier alpha value is -2.60. The van der Waals surface area contributed by atoms with Gasteiger partial charge in [-0.1, -0.05) is 44.2 Å². The monoisotopic (exact) mass is 357 g/mol. The Bertz CT molecular complexity index is 711. The topological polar surface area (TPSA) is 88.6 Å². The summed E-state index contributed by atoms with van der Waals surface area (Å²) >= 11 is 0. The zero-order valence-electron chi connectivity index (χ0n) is 15.6. The van der Waals surface area contributed by atoms with Crippen molar-refractivity contribution in [3.63, 3.8) is 0 Å². The standard InChI is InChI=1S/C20H27N3O3/c1-20(2,13-21)14-23(3)19(25)16(12-15-8-5-4-6-9-15)22-18(24)17-10-7-11-26-17/h4-11,16H,12-14,21H2,1-3H3,(H,22,24). The van der Waals surface area contributed by atoms with Crippen molar-refractivity contribution >= 4 is 11.8 Å². The molecule has 140 valence electrons. The molecule has 1 atom stereocenters. The van der Waals surface area contributed by atoms with Gasteiger partial charge in [-0.05, 0) is 29.7 Å². The van der Waals surface area contributed by atoms with Crippen LogP contribution in [0.3, 0.4) is 0 Å². The Morgan fingerprint density at radius 1 is 1.19 bits per heavy atom. The molecule has 1 aromatic heterocycles. The van der Waals surface area contributed by atoms with E-state index in [-0.39, 0.29) is 17.1 Å². The molecule has 26 heavy (non-hydrogen) atoms. The van der Waals surface area contributed by atoms with Crippen molar-refractivity contribution in [2.24, 2.45) is 11.1 Å². The lowest BCUT2D eigenvalue weighted by atomic mass is 9.93. The molecule has 0 aliphatic rings. The molecule has 0 fully saturated rings. The number of nitrogens with zero attached hydrogens (tertiary/aromatic N) is 1. The van der Waals surface area contributed by atoms with Crippen LogP contribution in [0.5, 0.6) is 0 Å². The van der Waals surface area contributed by atoms with Crippen molar-refractivity contribution in [2.45, 2.75) is 26.3 Å². The second-order valence-electron chi connectivity index (χ2n) is 7.26. The van der Waals surface area contributed by atoms with Crippen LogP contribution in [0, 0.1) is 5.41 Å². The molecule has 0 bridgehead atoms. The van der Waals surface area contributed by atoms with Crippen molar-refractivity contribution in [1.82, 2.24) is 10.2 Å². The first kappa shape index (κ1) is 19.7. The summed E-state index contributed by atoms with van der Waals surface area (Å²) in [6, 6.07) is 12.1. The molecule has 1 unspecified atom stereocenters. The van der Waals surface area contributed by atoms with Crippen LogP contribution in [-0.2, 0) is 11.2 Å². The lowest BCUT2D eigenvalue weighted by Gasteiger charge is -2.31. The number of nitrogens with one attached hydrogen (secondary N) is 1. The number of likely N-dealkylation sites (N-methyl/N-ethyl adjacent to an activating group) is 1. The van der Waals surface area contributed by atoms with Crippen molar-refractivity contribution < 1.29 is 14.0 Å². The Morgan fingerprint density at radius 3 is 2.46 bits per heavy atom. The minimum atomic E-state index is -0.687. The fourth-order valence-electron chi connectivity index (χ4n) is 2.74. The van der Waals surface area contributed by atoms with Crippen molar-refractivity contribution in [2.75, 3.05) is 20.1 Å². The van der Waals surface area contributed by atoms with Crippen LogP contribution in [-0.4, -0.2) is 42.9 Å². The highest BCUT2D eigenvalue weighted by Crippen LogP contribution is 2.15. The Balaban J connectivity index is 2.16. The summed E-state index contributed by atoms with van der Waals surface area (Å²) in [6.07, 6.45) is 1.83. The van der Waals surface area contributed by atoms with E-state index in [2.05, 4.69) is 5.32 Å². The second-order valence-corrected chi connectivity index (χ2v) is 7.26. The second kappa shape index (κ2) is 8.67. The molecule has 0 aliphatic carbocycles. The van der Waals surface area contributed by atoms with Gasteiger partial charge in [-0.2, -0.15) is 0 Å². The summed E-state index contributed by atoms with van der Waals surface area (Å²) in [4.78, 5) is 27.0. The van der Waals surface area contributed by atoms with Crippen LogP contribution in [0.15, 0.2) is 53.1 Å². The summed E-state index contributed by atoms with van der Waals surface area (Å²) in [6.45, 7) is 4.98. The summed E-state index contributed by atoms with van der Waals surface area (Å²) < 4.78 is 5.13. The highest BCUT2D eigenvalue weighted by atomic mass is 16.3. The number of carbonyl (C=O) groups excluding carboxylic acids is 2. The minimum absolute atomic E-state index is 0.157. The van der Waals surface area contributed by atoms with Crippen molar-refractivity contribution in [1.29, 1.82) is 0 Å². The Kier molecular flexibility index (Phi) is 6.58. The van der Waals surface area contributed by atoms with Gasteiger partial charge in [0.1, 0.15) is 6.04 Å². The zero-order chi connectivity index (χ0) is 19.2. The molecule has 0 saturated carbocycles. The van der Waals surface area contributed by atoms with Gasteiger partial charge in [-0.25, -0.2) is 0 Å². The number of rotatable bonds is 8. The maximum absolute atomic E-state index is 13.0. The van der Waals surface area contributed by atoms with E-state index >= 15 is 0 Å². The molecule has 6 heteroatoms. The average Bonchev–Trinajstić information content (AvgIpc) is 3.16. The van der Waals surface area contributed by atoms with Crippen LogP contribution in [0.4, 0.5) is 0 Å². The van der Waals surface area contributed by atoms with E-state index in [9.17, 15) is 9.59 Å². The van der Waals surface area contributed by atoms with Crippen LogP contribution in [0.25, 0.3) is 0 Å². The summed E-state index contributed by atoms with van der Waals surface area (Å²) in [5.74, 6) is -0.383. The van der Waals surface area contributed by atoms with E-state index < -0.39 is 11.9 Å². The van der Waals surface area contributed by atoms with Crippen LogP contribution in [0.2, 0.25) is 0 Å². The van der Waals surface area contributed by atoms with Crippen LogP contribution in [0.1, 0.15) is 30.0 Å². The third kappa shape index (κ3) is 5.46. The minimum Gasteiger partial charge on any atom is -0.459 e. The number of hydrogen-bond donors (Lipinski definition) is 2. The van der Waals surface area contributed by atoms with E-state index in [1.165, 1.54) is 6.26 Å². The van der Waals surface area contributed by atoms with Crippen LogP contribution < -0.4 is 11.1 Å². The first-order valence-corrected chi connectivity index (χ1v) is 8.66. The molecule has 3 N–H and O–H groups in total. The molecular weight excluding hydrogens is 330 g/mol. The third-order valence-electron chi connectivity index (χ3n) is 4.23. The molecule has 6 nitrogen and oxygen atoms in total. The highest BCUT2D eigenvalue weighted by molar-refractivity contribution is 5.95. The van der Waals surface area contributed by atoms with Crippen molar-refractivity contribution in [3.05, 3.63) is 60.1 Å². The SMILES string of the molecule is CN(CC(C)(C)CN)C(=O)C(Cc1ccccc1)NC(=O)c1ccco1. The number of carbonyl (C=O) groups is 2. The molecule has 0 saturated heterocycles. The molecule has 2 rings (SSSR count). The van der Waals surface area contributed by atoms with Gasteiger partial charge in [0, 0.05) is 20.0 Å². The molecule has 0 spiro atoms. The van der Waals surface area contributed by atoms with Gasteiger partial charge in [0.25, 0.3) is 5.91 Å². The van der Waals surface area contributed by atoms with Gasteiger partial charge in [0.05, 0.1) is 6.26 Å². The molecule has 1 heterocycles. The summed E-state index contributed by atoms with van der Waals surface area (Å²) in [5.41, 5.74) is 6.55. The quantitative estimate of drug-likeness (QED) is 0.757. The van der Waals surface area contributed by atoms with Gasteiger partial charge in [0.2, 0.25) is 5.91 Å². The first-order valence-electron chi connectivity index (χ1n) is 8.66. The van der Waals surface area contributed by atoms with Gasteiger partial charge in [-0.3, -0.25) is 9.59 Å². The molecule has 2 amide bonds. The fourth-order valence-corrected chi connectivity index (χ4v) is 2.74. The van der Waals surface area contributed by atoms with Gasteiger partial charge < -0.3 is 20.4 Å². The average molecular weight is 357 g/mol. The van der Waals surface area contributed by atoms with Gasteiger partial charge in [-0.15, -0.1) is 0 Å². The van der Waals surface area contributed by atoms with E-state index in [4.69, 9.17) is 10.2 Å². The Morgan fingerprint density at radius 2 is 1.88 bits per heavy atom. The molecule has 2 aromatic rings. The molecule has 0 aliphatic heterocycles. The van der Waals surface area contributed by atoms with Gasteiger partial charge in [0.15, 0.2) is 5.76 Å². The van der Waals surface area contributed by atoms with Crippen molar-refractivity contribution in [3.8, 4) is 0 Å². The molecular formula is C20H27N3O3. The number of amides is 2. The zero-order valence-corrected chi connectivity index (χ0v) is 15.6. The van der Waals surface area contributed by atoms with E-state index in [0.29, 0.717) is 19.5 Å². The van der Waals surface area contributed by atoms with E-state index in [1.54, 1.807) is 24.1 Å². The maximum Gasteiger partial charge on any atom is 0.287 e. The Labute approximate surface area is 154 Å². The maximum atomic E-state index is 13.0. The number of hydrogen-bond acceptors (Lipinski definition) is 4. The number of nitrogens with two attached hydrogens (primary N) is 1. The lowest BCUT2D eigenvalue weighted by Crippen LogP contribution is -2.51. The largest absolute Gasteiger partial charge is 0.459 e. The predicted molar refractivity (Wildman–Crippen MR) is 101 cm³/mol. The van der Waals surface area contributed by atoms with E-state index in [0.717, 1.165) is 5.56 Å². The summed E-state index contributed by atoms with van der Waals surface area (Å²) in [5, 5.41) is 2.80. The van der Waals surface area contributed by atoms with Crippen LogP contribution >= 0.6 is 0 Å². The smallest absolute Gasteiger partial charge is 0.287 e. The van der Waals surface area contributed by atoms with E-state index in [1.807, 2.05) is 44.2 Å². The lowest BCUT2D eigenvalue weighted by molar-refractivity contribution is -0.133. The summed E-state index contributed by atoms with van der Waals surface area (Å²) in [7, 11) is 1.73. The molecule has 1 aromatic carbocycles. The highest BCUT2D eigenvalue weighted by Gasteiger charge is 2.28. The third-order valence-corrected chi connectivity index (χ3v) is 4.23.